The van der Waals surface area contributed by atoms with Gasteiger partial charge in [-0.15, -0.1) is 0 Å². The maximum absolute atomic E-state index is 13.2. The number of ether oxygens (including phenoxy) is 1. The van der Waals surface area contributed by atoms with Gasteiger partial charge in [0.25, 0.3) is 5.56 Å². The molecule has 6 nitrogen and oxygen atoms in total. The van der Waals surface area contributed by atoms with Gasteiger partial charge >= 0.3 is 0 Å². The van der Waals surface area contributed by atoms with Crippen LogP contribution in [0.4, 0.5) is 0 Å². The molecule has 2 saturated heterocycles. The molecule has 1 saturated carbocycles. The van der Waals surface area contributed by atoms with Crippen molar-refractivity contribution in [1.82, 2.24) is 14.5 Å². The lowest BCUT2D eigenvalue weighted by Gasteiger charge is -2.44. The zero-order valence-corrected chi connectivity index (χ0v) is 18.8. The van der Waals surface area contributed by atoms with Crippen LogP contribution in [0.25, 0.3) is 10.9 Å². The second-order valence-corrected chi connectivity index (χ2v) is 10.0. The number of nitrogens with zero attached hydrogens (tertiary/aromatic N) is 3. The summed E-state index contributed by atoms with van der Waals surface area (Å²) in [5, 5.41) is 1.25. The molecule has 2 aromatic rings. The fourth-order valence-electron chi connectivity index (χ4n) is 5.55. The van der Waals surface area contributed by atoms with E-state index in [0.717, 1.165) is 38.8 Å². The maximum atomic E-state index is 13.2. The summed E-state index contributed by atoms with van der Waals surface area (Å²) in [5.74, 6) is 1.19. The number of fused-ring (bicyclic) bond motifs is 2. The van der Waals surface area contributed by atoms with E-state index in [2.05, 4.69) is 4.90 Å². The van der Waals surface area contributed by atoms with Gasteiger partial charge in [-0.2, -0.15) is 0 Å². The Morgan fingerprint density at radius 3 is 2.81 bits per heavy atom. The fourth-order valence-corrected chi connectivity index (χ4v) is 6.45. The molecule has 0 N–H and O–H groups in total. The number of carbonyl (C=O) groups excluding carboxylic acids is 1. The van der Waals surface area contributed by atoms with Gasteiger partial charge in [0.15, 0.2) is 5.16 Å². The minimum Gasteiger partial charge on any atom is -0.376 e. The summed E-state index contributed by atoms with van der Waals surface area (Å²) >= 11 is 1.41. The van der Waals surface area contributed by atoms with Crippen LogP contribution in [0, 0.1) is 5.92 Å². The van der Waals surface area contributed by atoms with Gasteiger partial charge in [-0.25, -0.2) is 4.98 Å². The average molecular weight is 442 g/mol. The van der Waals surface area contributed by atoms with Crippen LogP contribution in [-0.2, 0) is 16.1 Å². The SMILES string of the molecule is O=C(CSc1nc2ccccc2c(=O)n1C[C@@H]1CCCO1)N1CCC[C@@H]2CCCC[C@H]21. The summed E-state index contributed by atoms with van der Waals surface area (Å²) in [7, 11) is 0. The zero-order chi connectivity index (χ0) is 21.2. The van der Waals surface area contributed by atoms with Crippen LogP contribution in [0.1, 0.15) is 51.4 Å². The first-order valence-electron chi connectivity index (χ1n) is 11.7. The standard InChI is InChI=1S/C24H31N3O3S/c28-22(26-13-5-8-17-7-1-4-12-21(17)26)16-31-24-25-20-11-3-2-10-19(20)23(29)27(24)15-18-9-6-14-30-18/h2-3,10-11,17-18,21H,1,4-9,12-16H2/t17-,18-,21+/m0/s1. The normalized spacial score (nSPS) is 26.2. The van der Waals surface area contributed by atoms with Crippen molar-refractivity contribution >= 4 is 28.6 Å². The molecule has 0 radical (unpaired) electrons. The minimum atomic E-state index is -0.0404. The van der Waals surface area contributed by atoms with Crippen molar-refractivity contribution in [2.75, 3.05) is 18.9 Å². The predicted octanol–water partition coefficient (Wildman–Crippen LogP) is 3.85. The summed E-state index contributed by atoms with van der Waals surface area (Å²) in [6, 6.07) is 7.88. The van der Waals surface area contributed by atoms with Gasteiger partial charge in [0.2, 0.25) is 5.91 Å². The Kier molecular flexibility index (Phi) is 6.32. The zero-order valence-electron chi connectivity index (χ0n) is 18.0. The third kappa shape index (κ3) is 4.40. The predicted molar refractivity (Wildman–Crippen MR) is 122 cm³/mol. The van der Waals surface area contributed by atoms with E-state index in [1.165, 1.54) is 37.4 Å². The number of amides is 1. The minimum absolute atomic E-state index is 0.0404. The van der Waals surface area contributed by atoms with Crippen molar-refractivity contribution in [2.45, 2.75) is 75.2 Å². The fraction of sp³-hybridized carbons (Fsp3) is 0.625. The van der Waals surface area contributed by atoms with Crippen LogP contribution >= 0.6 is 11.8 Å². The molecule has 7 heteroatoms. The number of carbonyl (C=O) groups is 1. The van der Waals surface area contributed by atoms with Gasteiger partial charge in [0.1, 0.15) is 0 Å². The van der Waals surface area contributed by atoms with Crippen LogP contribution in [0.2, 0.25) is 0 Å². The molecule has 3 aliphatic rings. The number of hydrogen-bond donors (Lipinski definition) is 0. The Morgan fingerprint density at radius 2 is 1.94 bits per heavy atom. The summed E-state index contributed by atoms with van der Waals surface area (Å²) in [5.41, 5.74) is 0.651. The van der Waals surface area contributed by atoms with E-state index >= 15 is 0 Å². The second kappa shape index (κ2) is 9.33. The summed E-state index contributed by atoms with van der Waals surface area (Å²) in [6.07, 6.45) is 9.32. The Labute approximate surface area is 187 Å². The van der Waals surface area contributed by atoms with E-state index in [0.29, 0.717) is 40.3 Å². The van der Waals surface area contributed by atoms with E-state index in [1.54, 1.807) is 4.57 Å². The lowest BCUT2D eigenvalue weighted by Crippen LogP contribution is -2.50. The summed E-state index contributed by atoms with van der Waals surface area (Å²) < 4.78 is 7.52. The molecular weight excluding hydrogens is 410 g/mol. The van der Waals surface area contributed by atoms with Gasteiger partial charge in [-0.1, -0.05) is 36.7 Å². The van der Waals surface area contributed by atoms with Crippen LogP contribution in [0.5, 0.6) is 0 Å². The molecule has 1 amide bonds. The van der Waals surface area contributed by atoms with E-state index in [9.17, 15) is 9.59 Å². The molecule has 0 bridgehead atoms. The Morgan fingerprint density at radius 1 is 1.10 bits per heavy atom. The van der Waals surface area contributed by atoms with Crippen molar-refractivity contribution in [3.63, 3.8) is 0 Å². The van der Waals surface area contributed by atoms with Gasteiger partial charge in [0.05, 0.1) is 29.3 Å². The van der Waals surface area contributed by atoms with Crippen molar-refractivity contribution in [1.29, 1.82) is 0 Å². The van der Waals surface area contributed by atoms with Crippen LogP contribution in [-0.4, -0.2) is 51.4 Å². The smallest absolute Gasteiger partial charge is 0.262 e. The highest BCUT2D eigenvalue weighted by molar-refractivity contribution is 7.99. The van der Waals surface area contributed by atoms with Crippen molar-refractivity contribution in [3.8, 4) is 0 Å². The first-order chi connectivity index (χ1) is 15.2. The third-order valence-corrected chi connectivity index (χ3v) is 8.09. The molecule has 3 heterocycles. The molecule has 1 aromatic heterocycles. The Bertz CT molecular complexity index is 999. The number of likely N-dealkylation sites (tertiary alicyclic amines) is 1. The Hall–Kier alpha value is -1.86. The van der Waals surface area contributed by atoms with Crippen LogP contribution in [0.3, 0.4) is 0 Å². The molecule has 1 aliphatic carbocycles. The second-order valence-electron chi connectivity index (χ2n) is 9.09. The topological polar surface area (TPSA) is 64.4 Å². The molecule has 3 fully saturated rings. The molecule has 1 aromatic carbocycles. The quantitative estimate of drug-likeness (QED) is 0.521. The number of para-hydroxylation sites is 1. The van der Waals surface area contributed by atoms with Crippen molar-refractivity contribution in [3.05, 3.63) is 34.6 Å². The largest absolute Gasteiger partial charge is 0.376 e. The summed E-state index contributed by atoms with van der Waals surface area (Å²) in [6.45, 7) is 2.12. The first kappa shape index (κ1) is 21.0. The summed E-state index contributed by atoms with van der Waals surface area (Å²) in [4.78, 5) is 33.3. The highest BCUT2D eigenvalue weighted by atomic mass is 32.2. The highest BCUT2D eigenvalue weighted by Gasteiger charge is 2.35. The first-order valence-corrected chi connectivity index (χ1v) is 12.7. The molecule has 2 aliphatic heterocycles. The van der Waals surface area contributed by atoms with Crippen LogP contribution < -0.4 is 5.56 Å². The molecule has 3 atom stereocenters. The number of benzene rings is 1. The molecule has 31 heavy (non-hydrogen) atoms. The van der Waals surface area contributed by atoms with Crippen molar-refractivity contribution in [2.24, 2.45) is 5.92 Å². The lowest BCUT2D eigenvalue weighted by molar-refractivity contribution is -0.134. The highest BCUT2D eigenvalue weighted by Crippen LogP contribution is 2.35. The molecule has 5 rings (SSSR count). The maximum Gasteiger partial charge on any atom is 0.262 e. The number of aromatic nitrogens is 2. The molecular formula is C24H31N3O3S. The van der Waals surface area contributed by atoms with Crippen molar-refractivity contribution < 1.29 is 9.53 Å². The number of thioether (sulfide) groups is 1. The van der Waals surface area contributed by atoms with Gasteiger partial charge in [0, 0.05) is 19.2 Å². The van der Waals surface area contributed by atoms with E-state index in [-0.39, 0.29) is 17.6 Å². The average Bonchev–Trinajstić information content (AvgIpc) is 3.32. The van der Waals surface area contributed by atoms with E-state index in [1.807, 2.05) is 24.3 Å². The van der Waals surface area contributed by atoms with Gasteiger partial charge < -0.3 is 9.64 Å². The monoisotopic (exact) mass is 441 g/mol. The van der Waals surface area contributed by atoms with E-state index < -0.39 is 0 Å². The van der Waals surface area contributed by atoms with Gasteiger partial charge in [-0.05, 0) is 56.6 Å². The molecule has 166 valence electrons. The lowest BCUT2D eigenvalue weighted by atomic mass is 9.78. The number of hydrogen-bond acceptors (Lipinski definition) is 5. The van der Waals surface area contributed by atoms with Gasteiger partial charge in [-0.3, -0.25) is 14.2 Å². The molecule has 0 unspecified atom stereocenters. The van der Waals surface area contributed by atoms with Crippen LogP contribution in [0.15, 0.2) is 34.2 Å². The Balaban J connectivity index is 1.37. The third-order valence-electron chi connectivity index (χ3n) is 7.13. The molecule has 0 spiro atoms. The number of rotatable bonds is 5. The number of piperidine rings is 1. The van der Waals surface area contributed by atoms with E-state index in [4.69, 9.17) is 9.72 Å².